The molecule has 1 aromatic heterocycles. The fourth-order valence-electron chi connectivity index (χ4n) is 1.36. The largest absolute Gasteiger partial charge is 0.449 e. The summed E-state index contributed by atoms with van der Waals surface area (Å²) in [4.78, 5) is 15.7. The van der Waals surface area contributed by atoms with Crippen molar-refractivity contribution in [2.45, 2.75) is 13.8 Å². The Morgan fingerprint density at radius 3 is 3.06 bits per heavy atom. The molecule has 1 amide bonds. The van der Waals surface area contributed by atoms with Crippen molar-refractivity contribution in [3.8, 4) is 0 Å². The van der Waals surface area contributed by atoms with E-state index >= 15 is 0 Å². The highest BCUT2D eigenvalue weighted by Crippen LogP contribution is 2.27. The van der Waals surface area contributed by atoms with E-state index in [1.807, 2.05) is 26.0 Å². The number of nitrogens with two attached hydrogens (primary N) is 1. The molecule has 18 heavy (non-hydrogen) atoms. The SMILES string of the molecule is CC(C)COC(=O)Nc1nc2ccc(N)cc2s1. The van der Waals surface area contributed by atoms with Gasteiger partial charge in [-0.1, -0.05) is 25.2 Å². The number of nitrogens with zero attached hydrogens (tertiary/aromatic N) is 1. The Labute approximate surface area is 109 Å². The summed E-state index contributed by atoms with van der Waals surface area (Å²) in [5, 5.41) is 3.13. The van der Waals surface area contributed by atoms with Crippen molar-refractivity contribution in [3.05, 3.63) is 18.2 Å². The van der Waals surface area contributed by atoms with Gasteiger partial charge in [-0.3, -0.25) is 5.32 Å². The summed E-state index contributed by atoms with van der Waals surface area (Å²) in [6.45, 7) is 4.35. The molecule has 1 aromatic carbocycles. The number of nitrogen functional groups attached to an aromatic ring is 1. The van der Waals surface area contributed by atoms with Crippen LogP contribution < -0.4 is 11.1 Å². The first-order chi connectivity index (χ1) is 8.54. The Bertz CT molecular complexity index is 565. The highest BCUT2D eigenvalue weighted by Gasteiger charge is 2.09. The normalized spacial score (nSPS) is 10.8. The number of fused-ring (bicyclic) bond motifs is 1. The first-order valence-electron chi connectivity index (χ1n) is 5.64. The Balaban J connectivity index is 2.05. The quantitative estimate of drug-likeness (QED) is 0.836. The molecule has 0 aliphatic rings. The molecule has 2 aromatic rings. The van der Waals surface area contributed by atoms with Crippen LogP contribution in [0.5, 0.6) is 0 Å². The van der Waals surface area contributed by atoms with Gasteiger partial charge in [0.05, 0.1) is 16.8 Å². The summed E-state index contributed by atoms with van der Waals surface area (Å²) >= 11 is 1.37. The highest BCUT2D eigenvalue weighted by molar-refractivity contribution is 7.22. The third-order valence-electron chi connectivity index (χ3n) is 2.17. The van der Waals surface area contributed by atoms with Gasteiger partial charge in [0, 0.05) is 5.69 Å². The fourth-order valence-corrected chi connectivity index (χ4v) is 2.26. The number of ether oxygens (including phenoxy) is 1. The number of aromatic nitrogens is 1. The van der Waals surface area contributed by atoms with Gasteiger partial charge >= 0.3 is 6.09 Å². The van der Waals surface area contributed by atoms with Gasteiger partial charge in [-0.2, -0.15) is 0 Å². The van der Waals surface area contributed by atoms with E-state index in [2.05, 4.69) is 10.3 Å². The monoisotopic (exact) mass is 265 g/mol. The maximum Gasteiger partial charge on any atom is 0.413 e. The van der Waals surface area contributed by atoms with Crippen LogP contribution in [-0.4, -0.2) is 17.7 Å². The van der Waals surface area contributed by atoms with Crippen molar-refractivity contribution in [1.82, 2.24) is 4.98 Å². The van der Waals surface area contributed by atoms with Crippen LogP contribution in [0.1, 0.15) is 13.8 Å². The molecule has 2 rings (SSSR count). The molecule has 0 aliphatic heterocycles. The van der Waals surface area contributed by atoms with Gasteiger partial charge < -0.3 is 10.5 Å². The predicted molar refractivity (Wildman–Crippen MR) is 73.8 cm³/mol. The van der Waals surface area contributed by atoms with Crippen LogP contribution in [0.3, 0.4) is 0 Å². The Morgan fingerprint density at radius 1 is 1.56 bits per heavy atom. The molecule has 0 unspecified atom stereocenters. The predicted octanol–water partition coefficient (Wildman–Crippen LogP) is 3.08. The second-order valence-corrected chi connectivity index (χ2v) is 5.39. The van der Waals surface area contributed by atoms with Gasteiger partial charge in [0.2, 0.25) is 0 Å². The van der Waals surface area contributed by atoms with Crippen LogP contribution in [0, 0.1) is 5.92 Å². The first-order valence-corrected chi connectivity index (χ1v) is 6.46. The van der Waals surface area contributed by atoms with Crippen LogP contribution >= 0.6 is 11.3 Å². The molecular weight excluding hydrogens is 250 g/mol. The van der Waals surface area contributed by atoms with Gasteiger partial charge in [0.25, 0.3) is 0 Å². The average molecular weight is 265 g/mol. The van der Waals surface area contributed by atoms with Crippen LogP contribution in [0.15, 0.2) is 18.2 Å². The minimum absolute atomic E-state index is 0.311. The van der Waals surface area contributed by atoms with Crippen molar-refractivity contribution in [2.75, 3.05) is 17.7 Å². The number of hydrogen-bond acceptors (Lipinski definition) is 5. The van der Waals surface area contributed by atoms with E-state index < -0.39 is 6.09 Å². The van der Waals surface area contributed by atoms with Crippen molar-refractivity contribution in [2.24, 2.45) is 5.92 Å². The Kier molecular flexibility index (Phi) is 3.66. The fraction of sp³-hybridized carbons (Fsp3) is 0.333. The number of rotatable bonds is 3. The maximum atomic E-state index is 11.5. The summed E-state index contributed by atoms with van der Waals surface area (Å²) in [6.07, 6.45) is -0.476. The van der Waals surface area contributed by atoms with Crippen molar-refractivity contribution >= 4 is 38.5 Å². The molecule has 0 saturated carbocycles. The van der Waals surface area contributed by atoms with Gasteiger partial charge in [0.15, 0.2) is 5.13 Å². The first kappa shape index (κ1) is 12.6. The second kappa shape index (κ2) is 5.22. The van der Waals surface area contributed by atoms with Gasteiger partial charge in [-0.15, -0.1) is 0 Å². The zero-order valence-corrected chi connectivity index (χ0v) is 11.1. The van der Waals surface area contributed by atoms with E-state index in [4.69, 9.17) is 10.5 Å². The number of carbonyl (C=O) groups is 1. The smallest absolute Gasteiger partial charge is 0.413 e. The summed E-state index contributed by atoms with van der Waals surface area (Å²) in [6, 6.07) is 5.44. The van der Waals surface area contributed by atoms with Crippen molar-refractivity contribution in [3.63, 3.8) is 0 Å². The lowest BCUT2D eigenvalue weighted by molar-refractivity contribution is 0.147. The molecule has 0 aliphatic carbocycles. The zero-order chi connectivity index (χ0) is 13.1. The Hall–Kier alpha value is -1.82. The maximum absolute atomic E-state index is 11.5. The summed E-state index contributed by atoms with van der Waals surface area (Å²) < 4.78 is 5.96. The van der Waals surface area contributed by atoms with Gasteiger partial charge in [-0.05, 0) is 24.1 Å². The topological polar surface area (TPSA) is 77.2 Å². The van der Waals surface area contributed by atoms with E-state index in [0.29, 0.717) is 23.3 Å². The number of carbonyl (C=O) groups excluding carboxylic acids is 1. The molecule has 0 saturated heterocycles. The van der Waals surface area contributed by atoms with E-state index in [0.717, 1.165) is 10.2 Å². The molecule has 0 radical (unpaired) electrons. The minimum atomic E-state index is -0.476. The second-order valence-electron chi connectivity index (χ2n) is 4.36. The molecule has 5 nitrogen and oxygen atoms in total. The van der Waals surface area contributed by atoms with E-state index in [9.17, 15) is 4.79 Å². The van der Waals surface area contributed by atoms with E-state index in [1.165, 1.54) is 11.3 Å². The van der Waals surface area contributed by atoms with Crippen LogP contribution in [0.4, 0.5) is 15.6 Å². The summed E-state index contributed by atoms with van der Waals surface area (Å²) in [5.41, 5.74) is 7.18. The molecule has 96 valence electrons. The number of hydrogen-bond donors (Lipinski definition) is 2. The molecule has 3 N–H and O–H groups in total. The minimum Gasteiger partial charge on any atom is -0.449 e. The van der Waals surface area contributed by atoms with Gasteiger partial charge in [0.1, 0.15) is 0 Å². The Morgan fingerprint density at radius 2 is 2.33 bits per heavy atom. The lowest BCUT2D eigenvalue weighted by Gasteiger charge is -2.06. The third-order valence-corrected chi connectivity index (χ3v) is 3.10. The van der Waals surface area contributed by atoms with Gasteiger partial charge in [-0.25, -0.2) is 9.78 Å². The molecule has 0 atom stereocenters. The van der Waals surface area contributed by atoms with Crippen molar-refractivity contribution < 1.29 is 9.53 Å². The number of thiazole rings is 1. The number of anilines is 2. The highest BCUT2D eigenvalue weighted by atomic mass is 32.1. The number of amides is 1. The van der Waals surface area contributed by atoms with E-state index in [-0.39, 0.29) is 0 Å². The third kappa shape index (κ3) is 3.10. The van der Waals surface area contributed by atoms with Crippen molar-refractivity contribution in [1.29, 1.82) is 0 Å². The summed E-state index contributed by atoms with van der Waals surface area (Å²) in [7, 11) is 0. The molecule has 6 heteroatoms. The molecule has 1 heterocycles. The lowest BCUT2D eigenvalue weighted by Crippen LogP contribution is -2.16. The molecule has 0 bridgehead atoms. The standard InChI is InChI=1S/C12H15N3O2S/c1-7(2)6-17-12(16)15-11-14-9-4-3-8(13)5-10(9)18-11/h3-5,7H,6,13H2,1-2H3,(H,14,15,16). The van der Waals surface area contributed by atoms with E-state index in [1.54, 1.807) is 6.07 Å². The number of nitrogens with one attached hydrogen (secondary N) is 1. The molecular formula is C12H15N3O2S. The number of benzene rings is 1. The summed E-state index contributed by atoms with van der Waals surface area (Å²) in [5.74, 6) is 0.311. The lowest BCUT2D eigenvalue weighted by atomic mass is 10.2. The van der Waals surface area contributed by atoms with Crippen LogP contribution in [0.25, 0.3) is 10.2 Å². The molecule has 0 spiro atoms. The zero-order valence-electron chi connectivity index (χ0n) is 10.3. The average Bonchev–Trinajstić information content (AvgIpc) is 2.67. The molecule has 0 fully saturated rings. The van der Waals surface area contributed by atoms with Crippen LogP contribution in [-0.2, 0) is 4.74 Å². The van der Waals surface area contributed by atoms with Crippen LogP contribution in [0.2, 0.25) is 0 Å².